The Hall–Kier alpha value is 0.360. The predicted octanol–water partition coefficient (Wildman–Crippen LogP) is 4.21. The molecule has 0 saturated carbocycles. The van der Waals surface area contributed by atoms with Gasteiger partial charge in [0.2, 0.25) is 0 Å². The lowest BCUT2D eigenvalue weighted by molar-refractivity contribution is 0.506. The third-order valence-corrected chi connectivity index (χ3v) is 6.71. The van der Waals surface area contributed by atoms with Crippen molar-refractivity contribution in [1.82, 2.24) is 5.32 Å². The molecule has 0 aliphatic carbocycles. The number of hydrogen-bond donors (Lipinski definition) is 1. The van der Waals surface area contributed by atoms with E-state index in [2.05, 4.69) is 76.0 Å². The molecule has 1 aliphatic rings. The third-order valence-electron chi connectivity index (χ3n) is 3.29. The highest BCUT2D eigenvalue weighted by Gasteiger charge is 2.24. The monoisotopic (exact) mass is 359 g/mol. The fraction of sp³-hybridized carbons (Fsp3) is 0.600. The lowest BCUT2D eigenvalue weighted by Crippen LogP contribution is -2.43. The Morgan fingerprint density at radius 1 is 1.42 bits per heavy atom. The molecule has 2 unspecified atom stereocenters. The molecule has 1 nitrogen and oxygen atoms in total. The molecule has 106 valence electrons. The first-order valence-electron chi connectivity index (χ1n) is 6.96. The molecule has 0 bridgehead atoms. The molecular formula is C15H22BrNS2. The number of thioether (sulfide) groups is 2. The summed E-state index contributed by atoms with van der Waals surface area (Å²) in [6.45, 7) is 3.37. The minimum absolute atomic E-state index is 0.604. The van der Waals surface area contributed by atoms with Crippen LogP contribution in [0.4, 0.5) is 0 Å². The summed E-state index contributed by atoms with van der Waals surface area (Å²) in [5, 5.41) is 4.51. The maximum atomic E-state index is 3.76. The smallest absolute Gasteiger partial charge is 0.0295 e. The molecule has 4 heteroatoms. The summed E-state index contributed by atoms with van der Waals surface area (Å²) in [5.74, 6) is 3.91. The van der Waals surface area contributed by atoms with E-state index in [0.29, 0.717) is 6.04 Å². The van der Waals surface area contributed by atoms with Crippen LogP contribution < -0.4 is 5.32 Å². The van der Waals surface area contributed by atoms with Crippen molar-refractivity contribution in [3.63, 3.8) is 0 Å². The maximum Gasteiger partial charge on any atom is 0.0295 e. The third kappa shape index (κ3) is 5.33. The first-order valence-corrected chi connectivity index (χ1v) is 9.96. The lowest BCUT2D eigenvalue weighted by atomic mass is 10.0. The Balaban J connectivity index is 1.99. The highest BCUT2D eigenvalue weighted by molar-refractivity contribution is 9.10. The molecule has 1 N–H and O–H groups in total. The average Bonchev–Trinajstić information content (AvgIpc) is 2.44. The second-order valence-corrected chi connectivity index (χ2v) is 8.29. The van der Waals surface area contributed by atoms with E-state index in [-0.39, 0.29) is 0 Å². The van der Waals surface area contributed by atoms with Crippen molar-refractivity contribution in [1.29, 1.82) is 0 Å². The van der Waals surface area contributed by atoms with Gasteiger partial charge < -0.3 is 5.32 Å². The summed E-state index contributed by atoms with van der Waals surface area (Å²) in [5.41, 5.74) is 1.43. The Labute approximate surface area is 133 Å². The second kappa shape index (κ2) is 8.60. The number of nitrogens with one attached hydrogen (secondary N) is 1. The first-order chi connectivity index (χ1) is 9.29. The molecular weight excluding hydrogens is 338 g/mol. The summed E-state index contributed by atoms with van der Waals surface area (Å²) in [7, 11) is 0. The van der Waals surface area contributed by atoms with Gasteiger partial charge in [-0.15, -0.1) is 0 Å². The summed E-state index contributed by atoms with van der Waals surface area (Å²) < 4.78 is 1.19. The van der Waals surface area contributed by atoms with E-state index in [4.69, 9.17) is 0 Å². The molecule has 0 amide bonds. The number of hydrogen-bond acceptors (Lipinski definition) is 3. The summed E-state index contributed by atoms with van der Waals surface area (Å²) >= 11 is 7.83. The van der Waals surface area contributed by atoms with Gasteiger partial charge in [0, 0.05) is 33.0 Å². The zero-order chi connectivity index (χ0) is 13.5. The van der Waals surface area contributed by atoms with Crippen molar-refractivity contribution >= 4 is 39.5 Å². The summed E-state index contributed by atoms with van der Waals surface area (Å²) in [4.78, 5) is 0. The van der Waals surface area contributed by atoms with Crippen LogP contribution in [0.2, 0.25) is 0 Å². The van der Waals surface area contributed by atoms with Gasteiger partial charge in [0.05, 0.1) is 0 Å². The van der Waals surface area contributed by atoms with E-state index in [0.717, 1.165) is 18.2 Å². The first kappa shape index (κ1) is 15.7. The molecule has 0 aromatic heterocycles. The molecule has 1 heterocycles. The number of halogens is 1. The highest BCUT2D eigenvalue weighted by Crippen LogP contribution is 2.28. The quantitative estimate of drug-likeness (QED) is 0.816. The van der Waals surface area contributed by atoms with Crippen LogP contribution in [0, 0.1) is 0 Å². The Kier molecular flexibility index (Phi) is 7.13. The molecule has 1 saturated heterocycles. The normalized spacial score (nSPS) is 21.3. The highest BCUT2D eigenvalue weighted by atomic mass is 79.9. The molecule has 2 rings (SSSR count). The van der Waals surface area contributed by atoms with E-state index in [1.165, 1.54) is 33.7 Å². The van der Waals surface area contributed by atoms with Crippen molar-refractivity contribution < 1.29 is 0 Å². The molecule has 1 aromatic rings. The van der Waals surface area contributed by atoms with E-state index >= 15 is 0 Å². The molecule has 0 radical (unpaired) electrons. The molecule has 1 fully saturated rings. The van der Waals surface area contributed by atoms with Crippen LogP contribution in [0.5, 0.6) is 0 Å². The minimum Gasteiger partial charge on any atom is -0.313 e. The lowest BCUT2D eigenvalue weighted by Gasteiger charge is -2.30. The average molecular weight is 360 g/mol. The number of rotatable bonds is 6. The second-order valence-electron chi connectivity index (χ2n) is 4.88. The van der Waals surface area contributed by atoms with E-state index in [1.807, 2.05) is 0 Å². The minimum atomic E-state index is 0.604. The van der Waals surface area contributed by atoms with Crippen LogP contribution in [0.25, 0.3) is 0 Å². The zero-order valence-corrected chi connectivity index (χ0v) is 14.6. The topological polar surface area (TPSA) is 12.0 Å². The van der Waals surface area contributed by atoms with Gasteiger partial charge in [-0.25, -0.2) is 0 Å². The van der Waals surface area contributed by atoms with Crippen LogP contribution in [0.1, 0.15) is 18.9 Å². The molecule has 2 atom stereocenters. The van der Waals surface area contributed by atoms with Gasteiger partial charge >= 0.3 is 0 Å². The van der Waals surface area contributed by atoms with Gasteiger partial charge in [0.1, 0.15) is 0 Å². The number of benzene rings is 1. The van der Waals surface area contributed by atoms with Crippen molar-refractivity contribution in [2.75, 3.05) is 23.8 Å². The Morgan fingerprint density at radius 3 is 3.00 bits per heavy atom. The van der Waals surface area contributed by atoms with Gasteiger partial charge in [-0.05, 0) is 37.1 Å². The SMILES string of the molecule is CCCNC(Cc1cccc(Br)c1)C1CSCCS1. The fourth-order valence-corrected chi connectivity index (χ4v) is 5.66. The van der Waals surface area contributed by atoms with E-state index in [1.54, 1.807) is 0 Å². The standard InChI is InChI=1S/C15H22BrNS2/c1-2-6-17-14(15-11-18-7-8-19-15)10-12-4-3-5-13(16)9-12/h3-5,9,14-15,17H,2,6-8,10-11H2,1H3. The predicted molar refractivity (Wildman–Crippen MR) is 93.5 cm³/mol. The van der Waals surface area contributed by atoms with Gasteiger partial charge in [0.25, 0.3) is 0 Å². The molecule has 1 aromatic carbocycles. The van der Waals surface area contributed by atoms with E-state index < -0.39 is 0 Å². The Morgan fingerprint density at radius 2 is 2.32 bits per heavy atom. The summed E-state index contributed by atoms with van der Waals surface area (Å²) in [6, 6.07) is 9.34. The van der Waals surface area contributed by atoms with Gasteiger partial charge in [0.15, 0.2) is 0 Å². The van der Waals surface area contributed by atoms with Crippen molar-refractivity contribution in [3.05, 3.63) is 34.3 Å². The van der Waals surface area contributed by atoms with Gasteiger partial charge in [-0.1, -0.05) is 35.0 Å². The molecule has 0 spiro atoms. The maximum absolute atomic E-state index is 3.76. The fourth-order valence-electron chi connectivity index (χ4n) is 2.32. The van der Waals surface area contributed by atoms with Crippen LogP contribution >= 0.6 is 39.5 Å². The van der Waals surface area contributed by atoms with Crippen molar-refractivity contribution in [2.45, 2.75) is 31.1 Å². The van der Waals surface area contributed by atoms with Gasteiger partial charge in [-0.3, -0.25) is 0 Å². The van der Waals surface area contributed by atoms with Crippen LogP contribution in [-0.4, -0.2) is 35.1 Å². The molecule has 19 heavy (non-hydrogen) atoms. The largest absolute Gasteiger partial charge is 0.313 e. The zero-order valence-electron chi connectivity index (χ0n) is 11.4. The molecule has 1 aliphatic heterocycles. The van der Waals surface area contributed by atoms with Gasteiger partial charge in [-0.2, -0.15) is 23.5 Å². The van der Waals surface area contributed by atoms with Crippen LogP contribution in [-0.2, 0) is 6.42 Å². The Bertz CT molecular complexity index is 380. The van der Waals surface area contributed by atoms with E-state index in [9.17, 15) is 0 Å². The van der Waals surface area contributed by atoms with Crippen molar-refractivity contribution in [2.24, 2.45) is 0 Å². The summed E-state index contributed by atoms with van der Waals surface area (Å²) in [6.07, 6.45) is 2.34. The van der Waals surface area contributed by atoms with Crippen LogP contribution in [0.15, 0.2) is 28.7 Å². The van der Waals surface area contributed by atoms with Crippen LogP contribution in [0.3, 0.4) is 0 Å². The van der Waals surface area contributed by atoms with Crippen molar-refractivity contribution in [3.8, 4) is 0 Å².